The zero-order chi connectivity index (χ0) is 28.7. The minimum atomic E-state index is -0.411. The fourth-order valence-electron chi connectivity index (χ4n) is 7.75. The highest BCUT2D eigenvalue weighted by molar-refractivity contribution is 8.01. The number of hydrogen-bond acceptors (Lipinski definition) is 9. The number of likely N-dealkylation sites (N-methyl/N-ethyl adjacent to an activating group) is 2. The van der Waals surface area contributed by atoms with Crippen LogP contribution in [0.1, 0.15) is 36.8 Å². The van der Waals surface area contributed by atoms with Gasteiger partial charge in [0.1, 0.15) is 0 Å². The molecule has 0 aromatic heterocycles. The van der Waals surface area contributed by atoms with Gasteiger partial charge in [-0.2, -0.15) is 0 Å². The van der Waals surface area contributed by atoms with E-state index in [9.17, 15) is 9.59 Å². The summed E-state index contributed by atoms with van der Waals surface area (Å²) in [6.45, 7) is 10.4. The molecule has 41 heavy (non-hydrogen) atoms. The number of carbonyl (C=O) groups excluding carboxylic acids is 2. The molecule has 0 radical (unpaired) electrons. The fourth-order valence-corrected chi connectivity index (χ4v) is 9.36. The summed E-state index contributed by atoms with van der Waals surface area (Å²) in [6, 6.07) is 6.77. The van der Waals surface area contributed by atoms with Crippen LogP contribution < -0.4 is 16.0 Å². The van der Waals surface area contributed by atoms with Crippen LogP contribution in [0.5, 0.6) is 0 Å². The maximum atomic E-state index is 14.5. The summed E-state index contributed by atoms with van der Waals surface area (Å²) in [5, 5.41) is 10.7. The number of benzene rings is 1. The van der Waals surface area contributed by atoms with Gasteiger partial charge in [-0.15, -0.1) is 11.8 Å². The van der Waals surface area contributed by atoms with E-state index in [-0.39, 0.29) is 30.1 Å². The molecule has 1 aromatic carbocycles. The van der Waals surface area contributed by atoms with Crippen LogP contribution >= 0.6 is 11.8 Å². The van der Waals surface area contributed by atoms with Crippen LogP contribution in [0, 0.1) is 12.8 Å². The van der Waals surface area contributed by atoms with Gasteiger partial charge in [0.15, 0.2) is 12.1 Å². The Bertz CT molecular complexity index is 1170. The number of rotatable bonds is 7. The number of carbonyl (C=O) groups is 2. The Morgan fingerprint density at radius 1 is 1.24 bits per heavy atom. The molecule has 1 aliphatic carbocycles. The second kappa shape index (κ2) is 12.1. The lowest BCUT2D eigenvalue weighted by atomic mass is 9.72. The van der Waals surface area contributed by atoms with Crippen LogP contribution in [-0.2, 0) is 20.7 Å². The molecular formula is C31H46N6O3S. The Morgan fingerprint density at radius 2 is 2.10 bits per heavy atom. The summed E-state index contributed by atoms with van der Waals surface area (Å²) < 4.78 is 6.09. The zero-order valence-electron chi connectivity index (χ0n) is 24.7. The highest BCUT2D eigenvalue weighted by Gasteiger charge is 2.56. The quantitative estimate of drug-likeness (QED) is 0.415. The number of amides is 1. The standard InChI is InChI=1S/C31H46N6O3S/c1-5-26(38)37-14-13-36(18-23(37)17-32-3)29-24-10-11-31(16-21-9-8-20(2)15-25(21)41-31)28(39)27(24)33-30(34-29)40-19-22-7-6-12-35(22)4/h5,8-9,15,22-24,27,29-30,32-34H,1,6-7,10-14,16-19H2,2-4H3/t22?,23?,24?,27?,29?,30?,31-/m1/s1. The van der Waals surface area contributed by atoms with Crippen molar-refractivity contribution in [2.24, 2.45) is 5.92 Å². The number of thioether (sulfide) groups is 1. The molecule has 0 bridgehead atoms. The van der Waals surface area contributed by atoms with Crippen molar-refractivity contribution in [2.75, 3.05) is 53.4 Å². The van der Waals surface area contributed by atoms with Gasteiger partial charge in [-0.3, -0.25) is 25.1 Å². The van der Waals surface area contributed by atoms with Gasteiger partial charge in [-0.1, -0.05) is 24.3 Å². The number of piperazine rings is 1. The molecule has 1 spiro atoms. The summed E-state index contributed by atoms with van der Waals surface area (Å²) in [4.78, 5) is 35.1. The van der Waals surface area contributed by atoms with Crippen molar-refractivity contribution in [2.45, 2.75) is 79.3 Å². The molecule has 4 fully saturated rings. The van der Waals surface area contributed by atoms with Crippen LogP contribution in [0.2, 0.25) is 0 Å². The second-order valence-electron chi connectivity index (χ2n) is 12.6. The highest BCUT2D eigenvalue weighted by Crippen LogP contribution is 2.53. The summed E-state index contributed by atoms with van der Waals surface area (Å²) in [6.07, 6.45) is 5.98. The van der Waals surface area contributed by atoms with Gasteiger partial charge in [-0.25, -0.2) is 0 Å². The van der Waals surface area contributed by atoms with E-state index < -0.39 is 11.1 Å². The third kappa shape index (κ3) is 5.64. The third-order valence-electron chi connectivity index (χ3n) is 10.0. The fraction of sp³-hybridized carbons (Fsp3) is 0.677. The Labute approximate surface area is 248 Å². The first-order chi connectivity index (χ1) is 19.8. The van der Waals surface area contributed by atoms with Crippen molar-refractivity contribution in [3.8, 4) is 0 Å². The summed E-state index contributed by atoms with van der Waals surface area (Å²) >= 11 is 1.79. The molecule has 1 aromatic rings. The van der Waals surface area contributed by atoms with Crippen LogP contribution in [0.3, 0.4) is 0 Å². The van der Waals surface area contributed by atoms with Gasteiger partial charge in [0, 0.05) is 43.0 Å². The third-order valence-corrected chi connectivity index (χ3v) is 11.6. The number of likely N-dealkylation sites (tertiary alicyclic amines) is 1. The first-order valence-corrected chi connectivity index (χ1v) is 16.1. The van der Waals surface area contributed by atoms with E-state index in [1.807, 2.05) is 11.9 Å². The summed E-state index contributed by atoms with van der Waals surface area (Å²) in [5.41, 5.74) is 2.54. The Morgan fingerprint density at radius 3 is 2.85 bits per heavy atom. The Hall–Kier alpha value is -1.79. The Balaban J connectivity index is 1.23. The van der Waals surface area contributed by atoms with E-state index in [1.165, 1.54) is 28.5 Å². The SMILES string of the molecule is C=CC(=O)N1CCN(C2NC(OCC3CCCN3C)NC3C(=O)[C@@]4(CCC32)Cc2ccc(C)cc2S4)CC1CNC. The number of nitrogens with zero attached hydrogens (tertiary/aromatic N) is 3. The maximum Gasteiger partial charge on any atom is 0.246 e. The molecule has 4 heterocycles. The number of fused-ring (bicyclic) bond motifs is 2. The van der Waals surface area contributed by atoms with E-state index in [0.717, 1.165) is 45.3 Å². The van der Waals surface area contributed by atoms with Gasteiger partial charge in [-0.05, 0) is 77.4 Å². The van der Waals surface area contributed by atoms with Crippen molar-refractivity contribution < 1.29 is 14.3 Å². The molecule has 6 unspecified atom stereocenters. The molecule has 6 rings (SSSR count). The largest absolute Gasteiger partial charge is 0.348 e. The average Bonchev–Trinajstić information content (AvgIpc) is 3.56. The molecule has 3 N–H and O–H groups in total. The second-order valence-corrected chi connectivity index (χ2v) is 14.1. The molecular weight excluding hydrogens is 536 g/mol. The van der Waals surface area contributed by atoms with E-state index in [1.54, 1.807) is 11.8 Å². The number of Topliss-reactive ketones (excluding diaryl/α,β-unsaturated/α-hetero) is 1. The van der Waals surface area contributed by atoms with Crippen molar-refractivity contribution in [3.05, 3.63) is 42.0 Å². The number of ether oxygens (including phenoxy) is 1. The molecule has 10 heteroatoms. The first kappa shape index (κ1) is 29.3. The zero-order valence-corrected chi connectivity index (χ0v) is 25.5. The molecule has 224 valence electrons. The molecule has 1 amide bonds. The predicted molar refractivity (Wildman–Crippen MR) is 162 cm³/mol. The maximum absolute atomic E-state index is 14.5. The summed E-state index contributed by atoms with van der Waals surface area (Å²) in [5.74, 6) is 0.425. The number of nitrogens with one attached hydrogen (secondary N) is 3. The average molecular weight is 583 g/mol. The van der Waals surface area contributed by atoms with Crippen LogP contribution in [-0.4, -0.2) is 115 Å². The van der Waals surface area contributed by atoms with E-state index in [4.69, 9.17) is 4.74 Å². The lowest BCUT2D eigenvalue weighted by Crippen LogP contribution is -2.75. The number of ketones is 1. The van der Waals surface area contributed by atoms with Crippen molar-refractivity contribution in [3.63, 3.8) is 0 Å². The predicted octanol–water partition coefficient (Wildman–Crippen LogP) is 1.56. The summed E-state index contributed by atoms with van der Waals surface area (Å²) in [7, 11) is 4.09. The lowest BCUT2D eigenvalue weighted by molar-refractivity contribution is -0.144. The lowest BCUT2D eigenvalue weighted by Gasteiger charge is -2.54. The topological polar surface area (TPSA) is 89.2 Å². The Kier molecular flexibility index (Phi) is 8.62. The van der Waals surface area contributed by atoms with Crippen molar-refractivity contribution in [1.82, 2.24) is 30.7 Å². The molecule has 3 saturated heterocycles. The molecule has 4 aliphatic heterocycles. The van der Waals surface area contributed by atoms with Crippen molar-refractivity contribution in [1.29, 1.82) is 0 Å². The van der Waals surface area contributed by atoms with Crippen LogP contribution in [0.15, 0.2) is 35.7 Å². The smallest absolute Gasteiger partial charge is 0.246 e. The molecule has 1 saturated carbocycles. The molecule has 9 nitrogen and oxygen atoms in total. The van der Waals surface area contributed by atoms with Gasteiger partial charge in [0.05, 0.1) is 29.6 Å². The highest BCUT2D eigenvalue weighted by atomic mass is 32.2. The van der Waals surface area contributed by atoms with Gasteiger partial charge in [0.25, 0.3) is 0 Å². The first-order valence-electron chi connectivity index (χ1n) is 15.3. The van der Waals surface area contributed by atoms with Gasteiger partial charge >= 0.3 is 0 Å². The van der Waals surface area contributed by atoms with Gasteiger partial charge < -0.3 is 19.9 Å². The minimum Gasteiger partial charge on any atom is -0.348 e. The van der Waals surface area contributed by atoms with Crippen molar-refractivity contribution >= 4 is 23.5 Å². The number of hydrogen-bond donors (Lipinski definition) is 3. The van der Waals surface area contributed by atoms with Crippen LogP contribution in [0.4, 0.5) is 0 Å². The van der Waals surface area contributed by atoms with E-state index >= 15 is 0 Å². The normalized spacial score (nSPS) is 36.0. The van der Waals surface area contributed by atoms with Gasteiger partial charge in [0.2, 0.25) is 5.91 Å². The minimum absolute atomic E-state index is 0.00906. The van der Waals surface area contributed by atoms with Crippen LogP contribution in [0.25, 0.3) is 0 Å². The van der Waals surface area contributed by atoms with E-state index in [0.29, 0.717) is 31.5 Å². The monoisotopic (exact) mass is 582 g/mol. The molecule has 5 aliphatic rings. The van der Waals surface area contributed by atoms with E-state index in [2.05, 4.69) is 64.5 Å². The number of aryl methyl sites for hydroxylation is 1. The molecule has 7 atom stereocenters.